The highest BCUT2D eigenvalue weighted by molar-refractivity contribution is 5.59. The topological polar surface area (TPSA) is 32.6 Å². The van der Waals surface area contributed by atoms with Gasteiger partial charge in [-0.2, -0.15) is 0 Å². The Bertz CT molecular complexity index is 146. The molecule has 2 heteroatoms. The monoisotopic (exact) mass is 171 g/mol. The zero-order valence-electron chi connectivity index (χ0n) is 8.83. The summed E-state index contributed by atoms with van der Waals surface area (Å²) in [5, 5.41) is 11.4. The van der Waals surface area contributed by atoms with Gasteiger partial charge in [0.1, 0.15) is 0 Å². The van der Waals surface area contributed by atoms with Crippen LogP contribution in [-0.4, -0.2) is 11.4 Å². The molecule has 0 rings (SSSR count). The first-order chi connectivity index (χ1) is 5.37. The molecular formula is C10H21NO. The van der Waals surface area contributed by atoms with E-state index in [9.17, 15) is 0 Å². The van der Waals surface area contributed by atoms with Gasteiger partial charge in [0.05, 0.1) is 0 Å². The minimum atomic E-state index is 0.356. The fourth-order valence-electron chi connectivity index (χ4n) is 1.40. The molecule has 2 unspecified atom stereocenters. The maximum atomic E-state index is 8.35. The highest BCUT2D eigenvalue weighted by Gasteiger charge is 2.18. The van der Waals surface area contributed by atoms with Crippen LogP contribution in [0, 0.1) is 17.3 Å². The Balaban J connectivity index is 3.95. The lowest BCUT2D eigenvalue weighted by Crippen LogP contribution is -2.17. The minimum Gasteiger partial charge on any atom is -0.411 e. The summed E-state index contributed by atoms with van der Waals surface area (Å²) in [6.45, 7) is 11.0. The third-order valence-corrected chi connectivity index (χ3v) is 2.13. The number of nitrogens with zero attached hydrogens (tertiary/aromatic N) is 1. The van der Waals surface area contributed by atoms with E-state index in [4.69, 9.17) is 5.21 Å². The summed E-state index contributed by atoms with van der Waals surface area (Å²) in [5.74, 6) is 0.926. The largest absolute Gasteiger partial charge is 0.411 e. The van der Waals surface area contributed by atoms with E-state index in [2.05, 4.69) is 39.8 Å². The van der Waals surface area contributed by atoms with Crippen molar-refractivity contribution in [3.8, 4) is 0 Å². The van der Waals surface area contributed by atoms with Gasteiger partial charge in [-0.3, -0.25) is 0 Å². The predicted molar refractivity (Wildman–Crippen MR) is 52.7 cm³/mol. The predicted octanol–water partition coefficient (Wildman–Crippen LogP) is 3.15. The van der Waals surface area contributed by atoms with E-state index in [1.807, 2.05) is 0 Å². The van der Waals surface area contributed by atoms with E-state index in [1.165, 1.54) is 0 Å². The average molecular weight is 171 g/mol. The van der Waals surface area contributed by atoms with Gasteiger partial charge >= 0.3 is 0 Å². The Kier molecular flexibility index (Phi) is 4.29. The van der Waals surface area contributed by atoms with Gasteiger partial charge in [0.25, 0.3) is 0 Å². The molecule has 0 spiro atoms. The van der Waals surface area contributed by atoms with Crippen LogP contribution in [0.3, 0.4) is 0 Å². The van der Waals surface area contributed by atoms with Crippen molar-refractivity contribution in [3.63, 3.8) is 0 Å². The van der Waals surface area contributed by atoms with Gasteiger partial charge in [0.2, 0.25) is 0 Å². The van der Waals surface area contributed by atoms with E-state index in [0.717, 1.165) is 6.42 Å². The molecule has 2 nitrogen and oxygen atoms in total. The summed E-state index contributed by atoms with van der Waals surface area (Å²) in [6, 6.07) is 0. The molecule has 0 aromatic heterocycles. The van der Waals surface area contributed by atoms with Crippen molar-refractivity contribution in [1.82, 2.24) is 0 Å². The minimum absolute atomic E-state index is 0.356. The normalized spacial score (nSPS) is 18.1. The molecule has 0 amide bonds. The van der Waals surface area contributed by atoms with Crippen LogP contribution in [0.25, 0.3) is 0 Å². The van der Waals surface area contributed by atoms with Gasteiger partial charge in [-0.25, -0.2) is 0 Å². The fraction of sp³-hybridized carbons (Fsp3) is 0.900. The Hall–Kier alpha value is -0.530. The molecular weight excluding hydrogens is 150 g/mol. The second kappa shape index (κ2) is 4.48. The van der Waals surface area contributed by atoms with Crippen molar-refractivity contribution in [2.24, 2.45) is 22.4 Å². The van der Waals surface area contributed by atoms with Crippen LogP contribution >= 0.6 is 0 Å². The summed E-state index contributed by atoms with van der Waals surface area (Å²) >= 11 is 0. The zero-order chi connectivity index (χ0) is 9.78. The highest BCUT2D eigenvalue weighted by Crippen LogP contribution is 2.27. The highest BCUT2D eigenvalue weighted by atomic mass is 16.4. The van der Waals surface area contributed by atoms with E-state index in [1.54, 1.807) is 6.21 Å². The number of rotatable bonds is 3. The summed E-state index contributed by atoms with van der Waals surface area (Å²) in [7, 11) is 0. The van der Waals surface area contributed by atoms with Gasteiger partial charge in [-0.05, 0) is 23.7 Å². The molecule has 12 heavy (non-hydrogen) atoms. The van der Waals surface area contributed by atoms with Gasteiger partial charge < -0.3 is 5.21 Å². The average Bonchev–Trinajstić information content (AvgIpc) is 1.84. The molecule has 0 saturated heterocycles. The lowest BCUT2D eigenvalue weighted by molar-refractivity contribution is 0.274. The van der Waals surface area contributed by atoms with Crippen LogP contribution in [0.2, 0.25) is 0 Å². The molecule has 0 aromatic rings. The molecule has 0 aromatic carbocycles. The molecule has 1 N–H and O–H groups in total. The number of hydrogen-bond acceptors (Lipinski definition) is 2. The molecule has 0 radical (unpaired) electrons. The maximum absolute atomic E-state index is 8.35. The lowest BCUT2D eigenvalue weighted by atomic mass is 9.80. The van der Waals surface area contributed by atoms with Gasteiger partial charge in [0.15, 0.2) is 0 Å². The van der Waals surface area contributed by atoms with E-state index in [-0.39, 0.29) is 0 Å². The molecule has 0 bridgehead atoms. The SMILES string of the molecule is CC(/C=N/O)C(C)CC(C)(C)C. The van der Waals surface area contributed by atoms with Crippen molar-refractivity contribution < 1.29 is 5.21 Å². The summed E-state index contributed by atoms with van der Waals surface area (Å²) in [6.07, 6.45) is 2.76. The molecule has 72 valence electrons. The lowest BCUT2D eigenvalue weighted by Gasteiger charge is -2.25. The van der Waals surface area contributed by atoms with Gasteiger partial charge in [-0.1, -0.05) is 34.6 Å². The molecule has 2 atom stereocenters. The van der Waals surface area contributed by atoms with Crippen LogP contribution in [0.15, 0.2) is 5.16 Å². The van der Waals surface area contributed by atoms with Crippen molar-refractivity contribution in [3.05, 3.63) is 0 Å². The Labute approximate surface area is 75.7 Å². The summed E-state index contributed by atoms with van der Waals surface area (Å²) in [5.41, 5.74) is 0.358. The standard InChI is InChI=1S/C10H21NO/c1-8(6-10(3,4)5)9(2)7-11-12/h7-9,12H,6H2,1-5H3/b11-7+. The first-order valence-electron chi connectivity index (χ1n) is 4.54. The van der Waals surface area contributed by atoms with Crippen LogP contribution in [0.5, 0.6) is 0 Å². The van der Waals surface area contributed by atoms with Crippen molar-refractivity contribution in [2.45, 2.75) is 41.0 Å². The van der Waals surface area contributed by atoms with Crippen LogP contribution in [-0.2, 0) is 0 Å². The Morgan fingerprint density at radius 3 is 2.17 bits per heavy atom. The third-order valence-electron chi connectivity index (χ3n) is 2.13. The third kappa shape index (κ3) is 5.16. The van der Waals surface area contributed by atoms with E-state index < -0.39 is 0 Å². The van der Waals surface area contributed by atoms with Crippen LogP contribution < -0.4 is 0 Å². The molecule has 0 saturated carbocycles. The first kappa shape index (κ1) is 11.5. The molecule has 0 aliphatic rings. The molecule has 0 aliphatic carbocycles. The molecule has 0 aliphatic heterocycles. The quantitative estimate of drug-likeness (QED) is 0.395. The Morgan fingerprint density at radius 1 is 1.33 bits per heavy atom. The first-order valence-corrected chi connectivity index (χ1v) is 4.54. The van der Waals surface area contributed by atoms with Crippen molar-refractivity contribution >= 4 is 6.21 Å². The molecule has 0 fully saturated rings. The summed E-state index contributed by atoms with van der Waals surface area (Å²) < 4.78 is 0. The van der Waals surface area contributed by atoms with Crippen LogP contribution in [0.4, 0.5) is 0 Å². The van der Waals surface area contributed by atoms with Crippen LogP contribution in [0.1, 0.15) is 41.0 Å². The maximum Gasteiger partial charge on any atom is 0.0466 e. The zero-order valence-corrected chi connectivity index (χ0v) is 8.83. The van der Waals surface area contributed by atoms with Gasteiger partial charge in [-0.15, -0.1) is 5.16 Å². The van der Waals surface area contributed by atoms with Crippen molar-refractivity contribution in [1.29, 1.82) is 0 Å². The summed E-state index contributed by atoms with van der Waals surface area (Å²) in [4.78, 5) is 0. The molecule has 0 heterocycles. The smallest absolute Gasteiger partial charge is 0.0466 e. The number of oxime groups is 1. The van der Waals surface area contributed by atoms with E-state index in [0.29, 0.717) is 17.3 Å². The van der Waals surface area contributed by atoms with Gasteiger partial charge in [0, 0.05) is 6.21 Å². The fourth-order valence-corrected chi connectivity index (χ4v) is 1.40. The second-order valence-electron chi connectivity index (χ2n) is 4.87. The van der Waals surface area contributed by atoms with Crippen molar-refractivity contribution in [2.75, 3.05) is 0 Å². The second-order valence-corrected chi connectivity index (χ2v) is 4.87. The Morgan fingerprint density at radius 2 is 1.83 bits per heavy atom. The number of hydrogen-bond donors (Lipinski definition) is 1. The van der Waals surface area contributed by atoms with E-state index >= 15 is 0 Å².